The van der Waals surface area contributed by atoms with Gasteiger partial charge in [-0.1, -0.05) is 0 Å². The molecule has 4 nitrogen and oxygen atoms in total. The molecule has 0 saturated heterocycles. The van der Waals surface area contributed by atoms with Crippen molar-refractivity contribution < 1.29 is 23.1 Å². The van der Waals surface area contributed by atoms with Gasteiger partial charge in [0.2, 0.25) is 0 Å². The van der Waals surface area contributed by atoms with Crippen molar-refractivity contribution in [2.45, 2.75) is 6.42 Å². The molecule has 1 heterocycles. The van der Waals surface area contributed by atoms with E-state index in [1.807, 2.05) is 0 Å². The molecule has 5 heteroatoms. The summed E-state index contributed by atoms with van der Waals surface area (Å²) in [5.41, 5.74) is 0.505. The molecule has 0 radical (unpaired) electrons. The van der Waals surface area contributed by atoms with E-state index in [4.69, 9.17) is 13.9 Å². The molecule has 0 fully saturated rings. The smallest absolute Gasteiger partial charge is 0.200 e. The Balaban J connectivity index is 1.94. The van der Waals surface area contributed by atoms with Crippen molar-refractivity contribution in [3.63, 3.8) is 0 Å². The number of methoxy groups -OCH3 is 1. The molecule has 0 atom stereocenters. The summed E-state index contributed by atoms with van der Waals surface area (Å²) in [5.74, 6) is -0.278. The van der Waals surface area contributed by atoms with Crippen LogP contribution < -0.4 is 0 Å². The summed E-state index contributed by atoms with van der Waals surface area (Å²) in [6.45, 7) is 1.26. The molecule has 0 saturated carbocycles. The van der Waals surface area contributed by atoms with Crippen LogP contribution in [0.1, 0.15) is 17.0 Å². The number of carbonyl (C=O) groups excluding carboxylic acids is 1. The van der Waals surface area contributed by atoms with Crippen LogP contribution in [0.2, 0.25) is 0 Å². The van der Waals surface area contributed by atoms with Gasteiger partial charge in [0, 0.05) is 18.9 Å². The lowest BCUT2D eigenvalue weighted by Gasteiger charge is -2.01. The Morgan fingerprint density at radius 1 is 1.26 bits per heavy atom. The van der Waals surface area contributed by atoms with Crippen molar-refractivity contribution in [3.8, 4) is 0 Å². The van der Waals surface area contributed by atoms with E-state index >= 15 is 0 Å². The standard InChI is InChI=1S/C14H15FO4/c1-17-6-7-18-5-4-12(16)14-9-10-8-11(15)2-3-13(10)19-14/h2-3,8-9H,4-7H2,1H3. The molecule has 2 aromatic rings. The van der Waals surface area contributed by atoms with Gasteiger partial charge in [-0.2, -0.15) is 0 Å². The number of Topliss-reactive ketones (excluding diaryl/α,β-unsaturated/α-hetero) is 1. The third-order valence-electron chi connectivity index (χ3n) is 2.66. The summed E-state index contributed by atoms with van der Waals surface area (Å²) in [5, 5.41) is 0.587. The van der Waals surface area contributed by atoms with Crippen molar-refractivity contribution in [2.24, 2.45) is 0 Å². The lowest BCUT2D eigenvalue weighted by molar-refractivity contribution is 0.0632. The first-order chi connectivity index (χ1) is 9.20. The molecule has 0 aliphatic rings. The van der Waals surface area contributed by atoms with Crippen LogP contribution in [0.4, 0.5) is 4.39 Å². The number of furan rings is 1. The summed E-state index contributed by atoms with van der Waals surface area (Å²) in [4.78, 5) is 11.8. The van der Waals surface area contributed by atoms with Crippen LogP contribution in [0.25, 0.3) is 11.0 Å². The van der Waals surface area contributed by atoms with Crippen LogP contribution in [0.3, 0.4) is 0 Å². The Hall–Kier alpha value is -1.72. The van der Waals surface area contributed by atoms with Crippen LogP contribution in [0.15, 0.2) is 28.7 Å². The van der Waals surface area contributed by atoms with Crippen LogP contribution in [0.5, 0.6) is 0 Å². The third kappa shape index (κ3) is 3.62. The number of benzene rings is 1. The van der Waals surface area contributed by atoms with Gasteiger partial charge in [-0.15, -0.1) is 0 Å². The maximum atomic E-state index is 13.0. The van der Waals surface area contributed by atoms with E-state index in [0.29, 0.717) is 30.8 Å². The first-order valence-corrected chi connectivity index (χ1v) is 5.99. The lowest BCUT2D eigenvalue weighted by Crippen LogP contribution is -2.07. The minimum absolute atomic E-state index is 0.158. The Morgan fingerprint density at radius 2 is 2.11 bits per heavy atom. The first kappa shape index (κ1) is 13.7. The Labute approximate surface area is 110 Å². The Bertz CT molecular complexity index is 562. The Kier molecular flexibility index (Phi) is 4.65. The number of carbonyl (C=O) groups is 1. The minimum atomic E-state index is -0.352. The first-order valence-electron chi connectivity index (χ1n) is 5.99. The fourth-order valence-corrected chi connectivity index (χ4v) is 1.68. The summed E-state index contributed by atoms with van der Waals surface area (Å²) >= 11 is 0. The maximum Gasteiger partial charge on any atom is 0.200 e. The van der Waals surface area contributed by atoms with Crippen molar-refractivity contribution in [3.05, 3.63) is 35.8 Å². The van der Waals surface area contributed by atoms with Crippen molar-refractivity contribution in [1.29, 1.82) is 0 Å². The second-order valence-electron chi connectivity index (χ2n) is 4.07. The zero-order valence-corrected chi connectivity index (χ0v) is 10.6. The largest absolute Gasteiger partial charge is 0.453 e. The van der Waals surface area contributed by atoms with E-state index in [1.54, 1.807) is 13.2 Å². The van der Waals surface area contributed by atoms with Gasteiger partial charge in [0.1, 0.15) is 11.4 Å². The normalized spacial score (nSPS) is 11.1. The second kappa shape index (κ2) is 6.45. The average molecular weight is 266 g/mol. The SMILES string of the molecule is COCCOCCC(=O)c1cc2cc(F)ccc2o1. The molecule has 1 aromatic carbocycles. The zero-order valence-electron chi connectivity index (χ0n) is 10.6. The predicted molar refractivity (Wildman–Crippen MR) is 67.8 cm³/mol. The highest BCUT2D eigenvalue weighted by atomic mass is 19.1. The quantitative estimate of drug-likeness (QED) is 0.571. The molecule has 0 N–H and O–H groups in total. The molecule has 1 aromatic heterocycles. The van der Waals surface area contributed by atoms with Crippen LogP contribution in [-0.4, -0.2) is 32.7 Å². The van der Waals surface area contributed by atoms with Gasteiger partial charge in [-0.3, -0.25) is 4.79 Å². The molecular weight excluding hydrogens is 251 g/mol. The van der Waals surface area contributed by atoms with Gasteiger partial charge in [0.25, 0.3) is 0 Å². The number of hydrogen-bond donors (Lipinski definition) is 0. The molecule has 2 rings (SSSR count). The molecule has 19 heavy (non-hydrogen) atoms. The number of hydrogen-bond acceptors (Lipinski definition) is 4. The van der Waals surface area contributed by atoms with E-state index in [-0.39, 0.29) is 23.8 Å². The van der Waals surface area contributed by atoms with Crippen LogP contribution in [-0.2, 0) is 9.47 Å². The molecule has 0 spiro atoms. The summed E-state index contributed by atoms with van der Waals surface area (Å²) in [7, 11) is 1.59. The lowest BCUT2D eigenvalue weighted by atomic mass is 10.2. The van der Waals surface area contributed by atoms with Gasteiger partial charge in [0.15, 0.2) is 11.5 Å². The van der Waals surface area contributed by atoms with Gasteiger partial charge in [0.05, 0.1) is 19.8 Å². The average Bonchev–Trinajstić information content (AvgIpc) is 2.81. The Morgan fingerprint density at radius 3 is 2.89 bits per heavy atom. The predicted octanol–water partition coefficient (Wildman–Crippen LogP) is 2.81. The van der Waals surface area contributed by atoms with Crippen molar-refractivity contribution in [2.75, 3.05) is 26.9 Å². The van der Waals surface area contributed by atoms with Crippen molar-refractivity contribution in [1.82, 2.24) is 0 Å². The number of halogens is 1. The van der Waals surface area contributed by atoms with Gasteiger partial charge in [-0.25, -0.2) is 4.39 Å². The minimum Gasteiger partial charge on any atom is -0.453 e. The molecule has 0 amide bonds. The molecular formula is C14H15FO4. The van der Waals surface area contributed by atoms with E-state index < -0.39 is 0 Å². The van der Waals surface area contributed by atoms with Crippen LogP contribution >= 0.6 is 0 Å². The van der Waals surface area contributed by atoms with Crippen LogP contribution in [0, 0.1) is 5.82 Å². The highest BCUT2D eigenvalue weighted by molar-refractivity contribution is 5.97. The van der Waals surface area contributed by atoms with Gasteiger partial charge in [-0.05, 0) is 24.3 Å². The van der Waals surface area contributed by atoms with E-state index in [9.17, 15) is 9.18 Å². The number of fused-ring (bicyclic) bond motifs is 1. The van der Waals surface area contributed by atoms with E-state index in [2.05, 4.69) is 0 Å². The third-order valence-corrected chi connectivity index (χ3v) is 2.66. The highest BCUT2D eigenvalue weighted by Crippen LogP contribution is 2.21. The summed E-state index contributed by atoms with van der Waals surface area (Å²) in [6.07, 6.45) is 0.228. The number of rotatable bonds is 7. The molecule has 0 bridgehead atoms. The van der Waals surface area contributed by atoms with E-state index in [0.717, 1.165) is 0 Å². The maximum absolute atomic E-state index is 13.0. The van der Waals surface area contributed by atoms with Gasteiger partial charge < -0.3 is 13.9 Å². The fourth-order valence-electron chi connectivity index (χ4n) is 1.68. The molecule has 0 unspecified atom stereocenters. The van der Waals surface area contributed by atoms with E-state index in [1.165, 1.54) is 18.2 Å². The second-order valence-corrected chi connectivity index (χ2v) is 4.07. The number of ketones is 1. The molecule has 0 aliphatic carbocycles. The zero-order chi connectivity index (χ0) is 13.7. The molecule has 102 valence electrons. The number of ether oxygens (including phenoxy) is 2. The summed E-state index contributed by atoms with van der Waals surface area (Å²) in [6, 6.07) is 5.70. The topological polar surface area (TPSA) is 48.7 Å². The monoisotopic (exact) mass is 266 g/mol. The fraction of sp³-hybridized carbons (Fsp3) is 0.357. The van der Waals surface area contributed by atoms with Gasteiger partial charge >= 0.3 is 0 Å². The van der Waals surface area contributed by atoms with Crippen molar-refractivity contribution >= 4 is 16.8 Å². The highest BCUT2D eigenvalue weighted by Gasteiger charge is 2.12. The summed E-state index contributed by atoms with van der Waals surface area (Å²) < 4.78 is 28.4. The molecule has 0 aliphatic heterocycles.